The third-order valence-electron chi connectivity index (χ3n) is 3.26. The number of Topliss-reactive ketones (excluding diaryl/α,β-unsaturated/α-hetero) is 1. The number of rotatable bonds is 5. The highest BCUT2D eigenvalue weighted by atomic mass is 16.5. The Labute approximate surface area is 87.0 Å². The topological polar surface area (TPSA) is 26.3 Å². The van der Waals surface area contributed by atoms with Gasteiger partial charge in [0.1, 0.15) is 5.78 Å². The van der Waals surface area contributed by atoms with Gasteiger partial charge in [0.05, 0.1) is 6.61 Å². The van der Waals surface area contributed by atoms with Crippen LogP contribution < -0.4 is 0 Å². The number of ketones is 1. The van der Waals surface area contributed by atoms with Crippen molar-refractivity contribution >= 4 is 5.78 Å². The molecule has 1 aliphatic rings. The molecule has 0 aromatic heterocycles. The molecular weight excluding hydrogens is 176 g/mol. The van der Waals surface area contributed by atoms with Crippen LogP contribution in [0.15, 0.2) is 0 Å². The Kier molecular flexibility index (Phi) is 5.16. The van der Waals surface area contributed by atoms with E-state index in [1.54, 1.807) is 0 Å². The highest BCUT2D eigenvalue weighted by molar-refractivity contribution is 5.81. The molecule has 0 spiro atoms. The van der Waals surface area contributed by atoms with Crippen molar-refractivity contribution in [3.63, 3.8) is 0 Å². The number of ether oxygens (including phenoxy) is 1. The third kappa shape index (κ3) is 3.41. The average molecular weight is 198 g/mol. The van der Waals surface area contributed by atoms with Gasteiger partial charge in [0, 0.05) is 18.9 Å². The van der Waals surface area contributed by atoms with Crippen molar-refractivity contribution in [2.45, 2.75) is 46.0 Å². The summed E-state index contributed by atoms with van der Waals surface area (Å²) < 4.78 is 5.33. The van der Waals surface area contributed by atoms with Gasteiger partial charge in [0.2, 0.25) is 0 Å². The molecule has 1 aliphatic heterocycles. The Balaban J connectivity index is 2.32. The predicted molar refractivity (Wildman–Crippen MR) is 57.2 cm³/mol. The monoisotopic (exact) mass is 198 g/mol. The maximum Gasteiger partial charge on any atom is 0.138 e. The van der Waals surface area contributed by atoms with E-state index in [9.17, 15) is 4.79 Å². The van der Waals surface area contributed by atoms with Gasteiger partial charge >= 0.3 is 0 Å². The van der Waals surface area contributed by atoms with E-state index in [0.717, 1.165) is 38.7 Å². The minimum atomic E-state index is 0.198. The Morgan fingerprint density at radius 1 is 1.43 bits per heavy atom. The minimum absolute atomic E-state index is 0.198. The van der Waals surface area contributed by atoms with Crippen LogP contribution in [0.5, 0.6) is 0 Å². The van der Waals surface area contributed by atoms with Crippen LogP contribution >= 0.6 is 0 Å². The summed E-state index contributed by atoms with van der Waals surface area (Å²) in [6.07, 6.45) is 5.10. The maximum absolute atomic E-state index is 11.8. The molecular formula is C12H22O2. The van der Waals surface area contributed by atoms with E-state index in [1.165, 1.54) is 0 Å². The van der Waals surface area contributed by atoms with E-state index in [1.807, 2.05) is 0 Å². The fourth-order valence-electron chi connectivity index (χ4n) is 2.02. The molecule has 0 aromatic rings. The van der Waals surface area contributed by atoms with Crippen LogP contribution in [0.3, 0.4) is 0 Å². The average Bonchev–Trinajstić information content (AvgIpc) is 2.26. The van der Waals surface area contributed by atoms with Crippen LogP contribution in [-0.2, 0) is 9.53 Å². The second-order valence-corrected chi connectivity index (χ2v) is 4.27. The zero-order valence-electron chi connectivity index (χ0n) is 9.42. The molecule has 2 nitrogen and oxygen atoms in total. The van der Waals surface area contributed by atoms with E-state index in [2.05, 4.69) is 13.8 Å². The van der Waals surface area contributed by atoms with E-state index in [0.29, 0.717) is 18.3 Å². The fraction of sp³-hybridized carbons (Fsp3) is 0.917. The van der Waals surface area contributed by atoms with Gasteiger partial charge < -0.3 is 4.74 Å². The SMILES string of the molecule is CCC(CC)CC(=O)C1CCCOC1. The second-order valence-electron chi connectivity index (χ2n) is 4.27. The zero-order chi connectivity index (χ0) is 10.4. The molecule has 2 heteroatoms. The lowest BCUT2D eigenvalue weighted by atomic mass is 9.88. The summed E-state index contributed by atoms with van der Waals surface area (Å²) >= 11 is 0. The maximum atomic E-state index is 11.8. The van der Waals surface area contributed by atoms with E-state index in [4.69, 9.17) is 4.74 Å². The molecule has 0 N–H and O–H groups in total. The summed E-state index contributed by atoms with van der Waals surface area (Å²) in [7, 11) is 0. The molecule has 14 heavy (non-hydrogen) atoms. The van der Waals surface area contributed by atoms with Gasteiger partial charge in [-0.3, -0.25) is 4.79 Å². The summed E-state index contributed by atoms with van der Waals surface area (Å²) in [6, 6.07) is 0. The predicted octanol–water partition coefficient (Wildman–Crippen LogP) is 2.81. The van der Waals surface area contributed by atoms with Crippen molar-refractivity contribution in [3.05, 3.63) is 0 Å². The minimum Gasteiger partial charge on any atom is -0.381 e. The lowest BCUT2D eigenvalue weighted by Crippen LogP contribution is -2.26. The number of hydrogen-bond donors (Lipinski definition) is 0. The first-order chi connectivity index (χ1) is 6.77. The van der Waals surface area contributed by atoms with Crippen LogP contribution in [0.25, 0.3) is 0 Å². The lowest BCUT2D eigenvalue weighted by Gasteiger charge is -2.22. The van der Waals surface area contributed by atoms with E-state index < -0.39 is 0 Å². The summed E-state index contributed by atoms with van der Waals surface area (Å²) in [5.41, 5.74) is 0. The Hall–Kier alpha value is -0.370. The van der Waals surface area contributed by atoms with Gasteiger partial charge in [-0.2, -0.15) is 0 Å². The van der Waals surface area contributed by atoms with E-state index in [-0.39, 0.29) is 5.92 Å². The molecule has 0 amide bonds. The standard InChI is InChI=1S/C12H22O2/c1-3-10(4-2)8-12(13)11-6-5-7-14-9-11/h10-11H,3-9H2,1-2H3. The Bertz CT molecular complexity index is 167. The summed E-state index contributed by atoms with van der Waals surface area (Å²) in [6.45, 7) is 5.84. The van der Waals surface area contributed by atoms with Crippen molar-refractivity contribution in [2.75, 3.05) is 13.2 Å². The summed E-state index contributed by atoms with van der Waals surface area (Å²) in [4.78, 5) is 11.8. The molecule has 1 unspecified atom stereocenters. The summed E-state index contributed by atoms with van der Waals surface area (Å²) in [5.74, 6) is 1.21. The number of carbonyl (C=O) groups excluding carboxylic acids is 1. The van der Waals surface area contributed by atoms with Crippen molar-refractivity contribution in [3.8, 4) is 0 Å². The molecule has 82 valence electrons. The summed E-state index contributed by atoms with van der Waals surface area (Å²) in [5, 5.41) is 0. The third-order valence-corrected chi connectivity index (χ3v) is 3.26. The number of carbonyl (C=O) groups is 1. The van der Waals surface area contributed by atoms with Crippen LogP contribution in [0.1, 0.15) is 46.0 Å². The van der Waals surface area contributed by atoms with Gasteiger partial charge in [-0.15, -0.1) is 0 Å². The smallest absolute Gasteiger partial charge is 0.138 e. The normalized spacial score (nSPS) is 22.6. The fourth-order valence-corrected chi connectivity index (χ4v) is 2.02. The second kappa shape index (κ2) is 6.18. The van der Waals surface area contributed by atoms with Crippen molar-refractivity contribution in [1.82, 2.24) is 0 Å². The van der Waals surface area contributed by atoms with Crippen LogP contribution in [0.2, 0.25) is 0 Å². The molecule has 0 saturated carbocycles. The van der Waals surface area contributed by atoms with Gasteiger partial charge in [0.15, 0.2) is 0 Å². The van der Waals surface area contributed by atoms with Crippen LogP contribution in [0, 0.1) is 11.8 Å². The van der Waals surface area contributed by atoms with Gasteiger partial charge in [-0.25, -0.2) is 0 Å². The van der Waals surface area contributed by atoms with Gasteiger partial charge in [-0.1, -0.05) is 26.7 Å². The molecule has 0 aromatic carbocycles. The molecule has 1 saturated heterocycles. The highest BCUT2D eigenvalue weighted by Crippen LogP contribution is 2.21. The first-order valence-electron chi connectivity index (χ1n) is 5.88. The van der Waals surface area contributed by atoms with Gasteiger partial charge in [-0.05, 0) is 18.8 Å². The Morgan fingerprint density at radius 3 is 2.64 bits per heavy atom. The number of hydrogen-bond acceptors (Lipinski definition) is 2. The lowest BCUT2D eigenvalue weighted by molar-refractivity contribution is -0.127. The van der Waals surface area contributed by atoms with Gasteiger partial charge in [0.25, 0.3) is 0 Å². The highest BCUT2D eigenvalue weighted by Gasteiger charge is 2.23. The van der Waals surface area contributed by atoms with Crippen molar-refractivity contribution < 1.29 is 9.53 Å². The molecule has 1 heterocycles. The molecule has 1 fully saturated rings. The molecule has 0 bridgehead atoms. The Morgan fingerprint density at radius 2 is 2.14 bits per heavy atom. The quantitative estimate of drug-likeness (QED) is 0.679. The molecule has 1 rings (SSSR count). The molecule has 0 aliphatic carbocycles. The molecule has 1 atom stereocenters. The first kappa shape index (κ1) is 11.7. The molecule has 0 radical (unpaired) electrons. The van der Waals surface area contributed by atoms with Crippen LogP contribution in [-0.4, -0.2) is 19.0 Å². The van der Waals surface area contributed by atoms with E-state index >= 15 is 0 Å². The van der Waals surface area contributed by atoms with Crippen molar-refractivity contribution in [2.24, 2.45) is 11.8 Å². The van der Waals surface area contributed by atoms with Crippen LogP contribution in [0.4, 0.5) is 0 Å². The largest absolute Gasteiger partial charge is 0.381 e. The first-order valence-corrected chi connectivity index (χ1v) is 5.88. The van der Waals surface area contributed by atoms with Crippen molar-refractivity contribution in [1.29, 1.82) is 0 Å². The zero-order valence-corrected chi connectivity index (χ0v) is 9.42.